The van der Waals surface area contributed by atoms with Gasteiger partial charge in [-0.1, -0.05) is 0 Å². The lowest BCUT2D eigenvalue weighted by molar-refractivity contribution is -0.138. The van der Waals surface area contributed by atoms with E-state index in [0.717, 1.165) is 24.8 Å². The van der Waals surface area contributed by atoms with Crippen LogP contribution in [0, 0.1) is 0 Å². The van der Waals surface area contributed by atoms with Crippen molar-refractivity contribution in [1.82, 2.24) is 14.8 Å². The van der Waals surface area contributed by atoms with Gasteiger partial charge in [-0.15, -0.1) is 0 Å². The molecule has 1 amide bonds. The zero-order valence-electron chi connectivity index (χ0n) is 16.9. The van der Waals surface area contributed by atoms with Crippen LogP contribution in [0.15, 0.2) is 36.7 Å². The number of benzene rings is 1. The monoisotopic (exact) mass is 434 g/mol. The Hall–Kier alpha value is -2.98. The molecule has 1 saturated heterocycles. The van der Waals surface area contributed by atoms with Gasteiger partial charge in [0.1, 0.15) is 5.69 Å². The number of rotatable bonds is 4. The van der Waals surface area contributed by atoms with Crippen molar-refractivity contribution in [2.75, 3.05) is 18.5 Å². The van der Waals surface area contributed by atoms with Crippen LogP contribution in [-0.4, -0.2) is 39.0 Å². The average molecular weight is 434 g/mol. The van der Waals surface area contributed by atoms with E-state index in [-0.39, 0.29) is 11.7 Å². The molecular formula is C21H21F3N4O3. The highest BCUT2D eigenvalue weighted by Crippen LogP contribution is 2.35. The van der Waals surface area contributed by atoms with Crippen molar-refractivity contribution in [2.45, 2.75) is 38.1 Å². The van der Waals surface area contributed by atoms with Gasteiger partial charge in [0, 0.05) is 35.6 Å². The minimum atomic E-state index is -4.73. The molecule has 0 radical (unpaired) electrons. The number of pyridine rings is 1. The summed E-state index contributed by atoms with van der Waals surface area (Å²) >= 11 is 0. The van der Waals surface area contributed by atoms with Crippen molar-refractivity contribution in [2.24, 2.45) is 0 Å². The Morgan fingerprint density at radius 2 is 2.06 bits per heavy atom. The quantitative estimate of drug-likeness (QED) is 0.650. The Balaban J connectivity index is 1.75. The second kappa shape index (κ2) is 7.61. The van der Waals surface area contributed by atoms with E-state index < -0.39 is 28.9 Å². The Morgan fingerprint density at radius 3 is 2.71 bits per heavy atom. The third-order valence-corrected chi connectivity index (χ3v) is 5.18. The first-order valence-corrected chi connectivity index (χ1v) is 9.71. The minimum absolute atomic E-state index is 0.0823. The zero-order valence-corrected chi connectivity index (χ0v) is 16.9. The zero-order chi connectivity index (χ0) is 22.4. The topological polar surface area (TPSA) is 89.3 Å². The molecule has 1 atom stereocenters. The highest BCUT2D eigenvalue weighted by molar-refractivity contribution is 6.05. The maximum absolute atomic E-state index is 13.3. The van der Waals surface area contributed by atoms with E-state index in [1.807, 2.05) is 0 Å². The van der Waals surface area contributed by atoms with Gasteiger partial charge < -0.3 is 15.2 Å². The molecule has 1 fully saturated rings. The summed E-state index contributed by atoms with van der Waals surface area (Å²) < 4.78 is 47.0. The number of ether oxygens (including phenoxy) is 1. The SMILES string of the molecule is CC(C)(O)c1cc2nn([C@H]3CCOC3)cc2cc1NC(=O)c1ncccc1C(F)(F)F. The molecule has 2 aromatic heterocycles. The summed E-state index contributed by atoms with van der Waals surface area (Å²) in [4.78, 5) is 16.3. The van der Waals surface area contributed by atoms with Gasteiger partial charge in [0.15, 0.2) is 0 Å². The second-order valence-electron chi connectivity index (χ2n) is 7.99. The van der Waals surface area contributed by atoms with Gasteiger partial charge in [-0.2, -0.15) is 18.3 Å². The molecule has 164 valence electrons. The Kier molecular flexibility index (Phi) is 5.22. The van der Waals surface area contributed by atoms with Gasteiger partial charge in [-0.3, -0.25) is 14.5 Å². The maximum atomic E-state index is 13.3. The predicted molar refractivity (Wildman–Crippen MR) is 107 cm³/mol. The molecule has 0 unspecified atom stereocenters. The molecule has 1 aromatic carbocycles. The van der Waals surface area contributed by atoms with Crippen LogP contribution in [-0.2, 0) is 16.5 Å². The number of halogens is 3. The van der Waals surface area contributed by atoms with E-state index in [4.69, 9.17) is 4.74 Å². The molecule has 0 bridgehead atoms. The molecule has 0 saturated carbocycles. The summed E-state index contributed by atoms with van der Waals surface area (Å²) in [6, 6.07) is 5.22. The number of nitrogens with one attached hydrogen (secondary N) is 1. The van der Waals surface area contributed by atoms with Crippen LogP contribution in [0.25, 0.3) is 10.9 Å². The number of fused-ring (bicyclic) bond motifs is 1. The van der Waals surface area contributed by atoms with E-state index in [1.165, 1.54) is 13.8 Å². The van der Waals surface area contributed by atoms with Crippen LogP contribution < -0.4 is 5.32 Å². The van der Waals surface area contributed by atoms with Crippen molar-refractivity contribution in [3.05, 3.63) is 53.5 Å². The molecule has 0 aliphatic carbocycles. The predicted octanol–water partition coefficient (Wildman–Crippen LogP) is 3.89. The fraction of sp³-hybridized carbons (Fsp3) is 0.381. The highest BCUT2D eigenvalue weighted by atomic mass is 19.4. The highest BCUT2D eigenvalue weighted by Gasteiger charge is 2.36. The Bertz CT molecular complexity index is 1130. The standard InChI is InChI=1S/C21H21F3N4O3/c1-20(2,30)15-9-16-12(10-28(27-16)13-5-7-31-11-13)8-17(15)26-19(29)18-14(21(22,23)24)4-3-6-25-18/h3-4,6,8-10,13,30H,5,7,11H2,1-2H3,(H,26,29)/t13-/m0/s1. The first-order chi connectivity index (χ1) is 14.5. The third-order valence-electron chi connectivity index (χ3n) is 5.18. The number of alkyl halides is 3. The molecule has 0 spiro atoms. The lowest BCUT2D eigenvalue weighted by atomic mass is 9.95. The largest absolute Gasteiger partial charge is 0.418 e. The number of nitrogens with zero attached hydrogens (tertiary/aromatic N) is 3. The molecule has 1 aliphatic rings. The van der Waals surface area contributed by atoms with Crippen molar-refractivity contribution in [3.8, 4) is 0 Å². The first kappa shape index (κ1) is 21.3. The third kappa shape index (κ3) is 4.26. The van der Waals surface area contributed by atoms with Gasteiger partial charge in [-0.25, -0.2) is 0 Å². The smallest absolute Gasteiger partial charge is 0.386 e. The van der Waals surface area contributed by atoms with Gasteiger partial charge in [-0.05, 0) is 44.5 Å². The number of hydrogen-bond donors (Lipinski definition) is 2. The molecule has 3 heterocycles. The molecule has 1 aliphatic heterocycles. The molecule has 4 rings (SSSR count). The first-order valence-electron chi connectivity index (χ1n) is 9.71. The molecule has 3 aromatic rings. The van der Waals surface area contributed by atoms with Crippen molar-refractivity contribution >= 4 is 22.5 Å². The van der Waals surface area contributed by atoms with Crippen LogP contribution in [0.1, 0.15) is 47.9 Å². The van der Waals surface area contributed by atoms with Gasteiger partial charge >= 0.3 is 6.18 Å². The summed E-state index contributed by atoms with van der Waals surface area (Å²) in [7, 11) is 0. The molecule has 10 heteroatoms. The van der Waals surface area contributed by atoms with E-state index in [2.05, 4.69) is 15.4 Å². The van der Waals surface area contributed by atoms with Crippen LogP contribution in [0.4, 0.5) is 18.9 Å². The summed E-state index contributed by atoms with van der Waals surface area (Å²) in [5.74, 6) is -1.02. The van der Waals surface area contributed by atoms with Crippen LogP contribution in [0.2, 0.25) is 0 Å². The summed E-state index contributed by atoms with van der Waals surface area (Å²) in [5, 5.41) is 18.3. The van der Waals surface area contributed by atoms with E-state index >= 15 is 0 Å². The number of carbonyl (C=O) groups is 1. The van der Waals surface area contributed by atoms with E-state index in [9.17, 15) is 23.1 Å². The normalized spacial score (nSPS) is 17.3. The van der Waals surface area contributed by atoms with Crippen LogP contribution in [0.3, 0.4) is 0 Å². The van der Waals surface area contributed by atoms with Gasteiger partial charge in [0.2, 0.25) is 0 Å². The second-order valence-corrected chi connectivity index (χ2v) is 7.99. The lowest BCUT2D eigenvalue weighted by Gasteiger charge is -2.22. The summed E-state index contributed by atoms with van der Waals surface area (Å²) in [6.45, 7) is 4.22. The van der Waals surface area contributed by atoms with E-state index in [1.54, 1.807) is 23.0 Å². The van der Waals surface area contributed by atoms with Crippen molar-refractivity contribution < 1.29 is 27.8 Å². The van der Waals surface area contributed by atoms with Crippen LogP contribution >= 0.6 is 0 Å². The lowest BCUT2D eigenvalue weighted by Crippen LogP contribution is -2.23. The number of anilines is 1. The van der Waals surface area contributed by atoms with Crippen molar-refractivity contribution in [3.63, 3.8) is 0 Å². The number of carbonyl (C=O) groups excluding carboxylic acids is 1. The van der Waals surface area contributed by atoms with E-state index in [0.29, 0.717) is 29.7 Å². The fourth-order valence-electron chi connectivity index (χ4n) is 3.61. The summed E-state index contributed by atoms with van der Waals surface area (Å²) in [6.07, 6.45) is -0.997. The van der Waals surface area contributed by atoms with Crippen LogP contribution in [0.5, 0.6) is 0 Å². The number of hydrogen-bond acceptors (Lipinski definition) is 5. The van der Waals surface area contributed by atoms with Gasteiger partial charge in [0.05, 0.1) is 29.3 Å². The fourth-order valence-corrected chi connectivity index (χ4v) is 3.61. The van der Waals surface area contributed by atoms with Gasteiger partial charge in [0.25, 0.3) is 5.91 Å². The average Bonchev–Trinajstić information content (AvgIpc) is 3.35. The Labute approximate surface area is 175 Å². The number of amides is 1. The number of aliphatic hydroxyl groups is 1. The maximum Gasteiger partial charge on any atom is 0.418 e. The Morgan fingerprint density at radius 1 is 1.29 bits per heavy atom. The minimum Gasteiger partial charge on any atom is -0.386 e. The molecule has 2 N–H and O–H groups in total. The summed E-state index contributed by atoms with van der Waals surface area (Å²) in [5.41, 5.74) is -2.15. The molecule has 7 nitrogen and oxygen atoms in total. The van der Waals surface area contributed by atoms with Crippen molar-refractivity contribution in [1.29, 1.82) is 0 Å². The molecular weight excluding hydrogens is 413 g/mol. The molecule has 31 heavy (non-hydrogen) atoms. The number of aromatic nitrogens is 3.